The fourth-order valence-electron chi connectivity index (χ4n) is 3.42. The fraction of sp³-hybridized carbons (Fsp3) is 0.588. The normalized spacial score (nSPS) is 30.6. The molecule has 0 spiro atoms. The van der Waals surface area contributed by atoms with Crippen molar-refractivity contribution in [3.05, 3.63) is 35.4 Å². The number of aryl methyl sites for hydroxylation is 1. The topological polar surface area (TPSA) is 54.5 Å². The minimum Gasteiger partial charge on any atom is -0.339 e. The highest BCUT2D eigenvalue weighted by Gasteiger charge is 2.47. The molecule has 120 valence electrons. The molecule has 4 nitrogen and oxygen atoms in total. The Bertz CT molecular complexity index is 683. The second-order valence-electron chi connectivity index (χ2n) is 6.63. The summed E-state index contributed by atoms with van der Waals surface area (Å²) in [7, 11) is -2.99. The maximum atomic E-state index is 12.8. The van der Waals surface area contributed by atoms with Gasteiger partial charge < -0.3 is 4.90 Å². The summed E-state index contributed by atoms with van der Waals surface area (Å²) in [6, 6.07) is 8.23. The number of carbonyl (C=O) groups excluding carboxylic acids is 1. The number of amides is 1. The van der Waals surface area contributed by atoms with Crippen LogP contribution >= 0.6 is 0 Å². The van der Waals surface area contributed by atoms with E-state index in [0.717, 1.165) is 6.42 Å². The molecule has 2 fully saturated rings. The Morgan fingerprint density at radius 3 is 2.68 bits per heavy atom. The number of sulfone groups is 1. The van der Waals surface area contributed by atoms with Crippen molar-refractivity contribution in [2.75, 3.05) is 18.1 Å². The molecule has 0 bridgehead atoms. The second kappa shape index (κ2) is 5.69. The zero-order valence-electron chi connectivity index (χ0n) is 13.2. The third-order valence-corrected chi connectivity index (χ3v) is 6.66. The van der Waals surface area contributed by atoms with Crippen molar-refractivity contribution in [2.24, 2.45) is 5.92 Å². The summed E-state index contributed by atoms with van der Waals surface area (Å²) in [5, 5.41) is 0. The Hall–Kier alpha value is -1.36. The number of benzene rings is 1. The molecule has 5 heteroatoms. The van der Waals surface area contributed by atoms with Crippen molar-refractivity contribution in [3.63, 3.8) is 0 Å². The zero-order chi connectivity index (χ0) is 15.9. The molecule has 1 aromatic rings. The van der Waals surface area contributed by atoms with Gasteiger partial charge in [0.2, 0.25) is 5.91 Å². The van der Waals surface area contributed by atoms with E-state index in [1.165, 1.54) is 11.1 Å². The van der Waals surface area contributed by atoms with Crippen LogP contribution in [0, 0.1) is 12.8 Å². The number of hydrogen-bond acceptors (Lipinski definition) is 3. The summed E-state index contributed by atoms with van der Waals surface area (Å²) in [6.07, 6.45) is 1.44. The van der Waals surface area contributed by atoms with Gasteiger partial charge in [-0.05, 0) is 43.7 Å². The number of hydrogen-bond donors (Lipinski definition) is 0. The molecular weight excluding hydrogens is 298 g/mol. The molecule has 0 N–H and O–H groups in total. The largest absolute Gasteiger partial charge is 0.339 e. The van der Waals surface area contributed by atoms with Crippen LogP contribution in [0.3, 0.4) is 0 Å². The van der Waals surface area contributed by atoms with E-state index in [1.54, 1.807) is 4.90 Å². The Kier molecular flexibility index (Phi) is 4.02. The highest BCUT2D eigenvalue weighted by Crippen LogP contribution is 2.49. The lowest BCUT2D eigenvalue weighted by Crippen LogP contribution is -2.40. The average molecular weight is 321 g/mol. The summed E-state index contributed by atoms with van der Waals surface area (Å²) < 4.78 is 23.5. The molecular formula is C17H23NO3S. The van der Waals surface area contributed by atoms with Crippen molar-refractivity contribution >= 4 is 15.7 Å². The summed E-state index contributed by atoms with van der Waals surface area (Å²) in [6.45, 7) is 4.39. The second-order valence-corrected chi connectivity index (χ2v) is 8.93. The highest BCUT2D eigenvalue weighted by atomic mass is 32.2. The summed E-state index contributed by atoms with van der Waals surface area (Å²) >= 11 is 0. The van der Waals surface area contributed by atoms with Gasteiger partial charge in [0.05, 0.1) is 11.5 Å². The van der Waals surface area contributed by atoms with E-state index in [2.05, 4.69) is 19.1 Å². The van der Waals surface area contributed by atoms with Gasteiger partial charge in [-0.1, -0.05) is 24.3 Å². The predicted octanol–water partition coefficient (Wildman–Crippen LogP) is 2.13. The molecule has 0 unspecified atom stereocenters. The van der Waals surface area contributed by atoms with Crippen LogP contribution in [-0.2, 0) is 14.6 Å². The zero-order valence-corrected chi connectivity index (χ0v) is 14.0. The van der Waals surface area contributed by atoms with E-state index in [9.17, 15) is 13.2 Å². The van der Waals surface area contributed by atoms with Crippen LogP contribution in [0.2, 0.25) is 0 Å². The van der Waals surface area contributed by atoms with E-state index < -0.39 is 9.84 Å². The highest BCUT2D eigenvalue weighted by molar-refractivity contribution is 7.91. The van der Waals surface area contributed by atoms with Crippen molar-refractivity contribution in [3.8, 4) is 0 Å². The van der Waals surface area contributed by atoms with Crippen molar-refractivity contribution in [1.29, 1.82) is 0 Å². The average Bonchev–Trinajstić information content (AvgIpc) is 3.26. The Morgan fingerprint density at radius 1 is 1.23 bits per heavy atom. The quantitative estimate of drug-likeness (QED) is 0.838. The molecule has 22 heavy (non-hydrogen) atoms. The minimum atomic E-state index is -2.99. The minimum absolute atomic E-state index is 0.0166. The van der Waals surface area contributed by atoms with Gasteiger partial charge in [0.25, 0.3) is 0 Å². The van der Waals surface area contributed by atoms with Gasteiger partial charge in [0, 0.05) is 18.5 Å². The van der Waals surface area contributed by atoms with Gasteiger partial charge in [-0.25, -0.2) is 8.42 Å². The van der Waals surface area contributed by atoms with E-state index in [4.69, 9.17) is 0 Å². The number of nitrogens with zero attached hydrogens (tertiary/aromatic N) is 1. The molecule has 1 aliphatic heterocycles. The first-order chi connectivity index (χ1) is 10.4. The van der Waals surface area contributed by atoms with Crippen LogP contribution in [0.15, 0.2) is 24.3 Å². The molecule has 0 radical (unpaired) electrons. The van der Waals surface area contributed by atoms with Crippen molar-refractivity contribution in [1.82, 2.24) is 4.90 Å². The van der Waals surface area contributed by atoms with Crippen LogP contribution in [0.1, 0.15) is 36.8 Å². The van der Waals surface area contributed by atoms with Crippen LogP contribution in [0.25, 0.3) is 0 Å². The molecule has 0 aromatic heterocycles. The molecule has 1 aliphatic carbocycles. The Morgan fingerprint density at radius 2 is 1.95 bits per heavy atom. The van der Waals surface area contributed by atoms with Crippen LogP contribution in [0.4, 0.5) is 0 Å². The van der Waals surface area contributed by atoms with Gasteiger partial charge in [0.15, 0.2) is 9.84 Å². The first-order valence-corrected chi connectivity index (χ1v) is 9.77. The van der Waals surface area contributed by atoms with E-state index in [0.29, 0.717) is 18.9 Å². The van der Waals surface area contributed by atoms with Crippen molar-refractivity contribution in [2.45, 2.75) is 38.6 Å². The van der Waals surface area contributed by atoms with Crippen LogP contribution in [-0.4, -0.2) is 43.3 Å². The SMILES string of the molecule is Cc1ccccc1[C@@H]1C[C@H]1C(=O)N1CCS(=O)(=O)CC[C@H]1C. The molecule has 1 heterocycles. The lowest BCUT2D eigenvalue weighted by molar-refractivity contribution is -0.134. The maximum Gasteiger partial charge on any atom is 0.226 e. The summed E-state index contributed by atoms with van der Waals surface area (Å²) in [5.41, 5.74) is 2.49. The molecule has 1 amide bonds. The van der Waals surface area contributed by atoms with Gasteiger partial charge >= 0.3 is 0 Å². The summed E-state index contributed by atoms with van der Waals surface area (Å²) in [4.78, 5) is 14.6. The molecule has 1 aromatic carbocycles. The third kappa shape index (κ3) is 3.05. The first-order valence-electron chi connectivity index (χ1n) is 7.95. The number of carbonyl (C=O) groups is 1. The monoisotopic (exact) mass is 321 g/mol. The van der Waals surface area contributed by atoms with Crippen molar-refractivity contribution < 1.29 is 13.2 Å². The number of rotatable bonds is 2. The Labute approximate surface area is 132 Å². The fourth-order valence-corrected chi connectivity index (χ4v) is 4.80. The molecule has 3 atom stereocenters. The van der Waals surface area contributed by atoms with Gasteiger partial charge in [0.1, 0.15) is 0 Å². The van der Waals surface area contributed by atoms with Gasteiger partial charge in [-0.3, -0.25) is 4.79 Å². The van der Waals surface area contributed by atoms with Crippen LogP contribution in [0.5, 0.6) is 0 Å². The van der Waals surface area contributed by atoms with E-state index in [1.807, 2.05) is 19.1 Å². The maximum absolute atomic E-state index is 12.8. The molecule has 2 aliphatic rings. The molecule has 1 saturated carbocycles. The lowest BCUT2D eigenvalue weighted by Gasteiger charge is -2.27. The molecule has 3 rings (SSSR count). The molecule has 1 saturated heterocycles. The lowest BCUT2D eigenvalue weighted by atomic mass is 10.0. The first kappa shape index (κ1) is 15.5. The van der Waals surface area contributed by atoms with E-state index >= 15 is 0 Å². The van der Waals surface area contributed by atoms with Crippen LogP contribution < -0.4 is 0 Å². The summed E-state index contributed by atoms with van der Waals surface area (Å²) in [5.74, 6) is 0.775. The predicted molar refractivity (Wildman–Crippen MR) is 86.5 cm³/mol. The third-order valence-electron chi connectivity index (χ3n) is 5.00. The van der Waals surface area contributed by atoms with E-state index in [-0.39, 0.29) is 29.4 Å². The Balaban J connectivity index is 1.72. The van der Waals surface area contributed by atoms with Gasteiger partial charge in [-0.15, -0.1) is 0 Å². The smallest absolute Gasteiger partial charge is 0.226 e. The standard InChI is InChI=1S/C17H23NO3S/c1-12-5-3-4-6-14(12)15-11-16(15)17(19)18-8-10-22(20,21)9-7-13(18)2/h3-6,13,15-16H,7-11H2,1-2H3/t13-,15+,16-/m1/s1. The van der Waals surface area contributed by atoms with Gasteiger partial charge in [-0.2, -0.15) is 0 Å².